The van der Waals surface area contributed by atoms with Crippen molar-refractivity contribution in [3.63, 3.8) is 0 Å². The van der Waals surface area contributed by atoms with Crippen LogP contribution in [-0.4, -0.2) is 241 Å². The third-order valence-corrected chi connectivity index (χ3v) is 36.7. The number of aliphatic hydroxyl groups is 12. The molecule has 5 unspecified atom stereocenters. The molecule has 9 heterocycles. The van der Waals surface area contributed by atoms with Crippen LogP contribution in [0.3, 0.4) is 0 Å². The van der Waals surface area contributed by atoms with Gasteiger partial charge in [0, 0.05) is 58.7 Å². The Morgan fingerprint density at radius 3 is 1.28 bits per heavy atom. The lowest BCUT2D eigenvalue weighted by Crippen LogP contribution is -2.68. The van der Waals surface area contributed by atoms with Crippen molar-refractivity contribution >= 4 is 209 Å². The van der Waals surface area contributed by atoms with E-state index in [1.807, 2.05) is 163 Å². The maximum Gasteiger partial charge on any atom is 0.337 e. The molecular formula is C105H147Br2Cl5O25S5Si6. The SMILES string of the molecule is CC[C@H]1OC(=O)[C@H](O[Si](C)(C)C)[C@@H](O[Si](C)(C)C)[C@@H]1O[Si](C)(C)C.CC[C@H]1OC(O)(c2ccc(C)c(C(O)c3ccc(Cl)s3)c2)[C@H](O[Si](C)(C)C)[C@@H](O[Si](C)(C)C)[C@@H]1O[Si](C)(C)C.COC1(c2ccc(C)c(C(O)c3ccc(Cl)s3)c2)O[C@H](CO)[C@@H](O)[C@H](O)[C@H]1O.Cc1ccc(Br)cc1C(O)c1ccc(Cl)s1.Cc1ccc(Br)cc1C=O.Cc1ccc([C@@H]2O[C@H](CO)[C@@H](O)[C@H](O)[C@H]2O)cc1Cc1ccc(Cl)s1.Clc1cccs1. The van der Waals surface area contributed by atoms with Gasteiger partial charge in [-0.25, -0.2) is 4.79 Å². The Hall–Kier alpha value is -3.43. The van der Waals surface area contributed by atoms with Gasteiger partial charge in [0.15, 0.2) is 56.0 Å². The summed E-state index contributed by atoms with van der Waals surface area (Å²) in [5, 5.41) is 127. The molecule has 0 aliphatic carbocycles. The molecule has 12 N–H and O–H groups in total. The van der Waals surface area contributed by atoms with E-state index in [1.54, 1.807) is 53.8 Å². The topological polar surface area (TPSA) is 378 Å². The number of carbonyl (C=O) groups excluding carboxylic acids is 2. The highest BCUT2D eigenvalue weighted by Crippen LogP contribution is 2.48. The van der Waals surface area contributed by atoms with Gasteiger partial charge < -0.3 is 112 Å². The number of benzene rings is 5. The predicted octanol–water partition coefficient (Wildman–Crippen LogP) is 23.8. The van der Waals surface area contributed by atoms with Crippen molar-refractivity contribution < 1.29 is 121 Å². The summed E-state index contributed by atoms with van der Waals surface area (Å²) in [6, 6.07) is 46.1. The van der Waals surface area contributed by atoms with E-state index in [9.17, 15) is 70.9 Å². The van der Waals surface area contributed by atoms with E-state index in [2.05, 4.69) is 150 Å². The Morgan fingerprint density at radius 2 is 0.865 bits per heavy atom. The van der Waals surface area contributed by atoms with Crippen LogP contribution in [-0.2, 0) is 73.0 Å². The average Bonchev–Trinajstić information content (AvgIpc) is 1.72. The van der Waals surface area contributed by atoms with Crippen LogP contribution in [0.2, 0.25) is 140 Å². The summed E-state index contributed by atoms with van der Waals surface area (Å²) in [6.07, 6.45) is -14.9. The number of hydrogen-bond acceptors (Lipinski definition) is 30. The molecule has 0 bridgehead atoms. The molecule has 0 radical (unpaired) electrons. The molecule has 4 aliphatic heterocycles. The monoisotopic (exact) mass is 2470 g/mol. The first-order valence-electron chi connectivity index (χ1n) is 48.6. The van der Waals surface area contributed by atoms with Crippen molar-refractivity contribution in [3.8, 4) is 0 Å². The fourth-order valence-corrected chi connectivity index (χ4v) is 28.8. The van der Waals surface area contributed by atoms with Crippen LogP contribution in [0.15, 0.2) is 166 Å². The van der Waals surface area contributed by atoms with E-state index in [0.29, 0.717) is 65.0 Å². The van der Waals surface area contributed by atoms with E-state index in [4.69, 9.17) is 108 Å². The highest BCUT2D eigenvalue weighted by molar-refractivity contribution is 9.10. The number of ether oxygens (including phenoxy) is 5. The van der Waals surface area contributed by atoms with Crippen LogP contribution >= 0.6 is 147 Å². The molecule has 14 rings (SSSR count). The summed E-state index contributed by atoms with van der Waals surface area (Å²) < 4.78 is 73.9. The predicted molar refractivity (Wildman–Crippen MR) is 618 cm³/mol. The maximum atomic E-state index is 12.6. The number of carbonyl (C=O) groups is 2. The molecule has 148 heavy (non-hydrogen) atoms. The summed E-state index contributed by atoms with van der Waals surface area (Å²) in [7, 11) is -10.7. The number of cyclic esters (lactones) is 1. The Morgan fingerprint density at radius 1 is 0.439 bits per heavy atom. The van der Waals surface area contributed by atoms with E-state index < -0.39 is 172 Å². The van der Waals surface area contributed by atoms with Gasteiger partial charge >= 0.3 is 5.97 Å². The molecule has 10 aromatic rings. The lowest BCUT2D eigenvalue weighted by atomic mass is 9.85. The minimum atomic E-state index is -2.21. The second-order valence-electron chi connectivity index (χ2n) is 42.5. The first-order chi connectivity index (χ1) is 68.7. The van der Waals surface area contributed by atoms with E-state index in [1.165, 1.54) is 52.5 Å². The molecule has 43 heteroatoms. The summed E-state index contributed by atoms with van der Waals surface area (Å²) >= 11 is 43.2. The number of thiophene rings is 5. The smallest absolute Gasteiger partial charge is 0.337 e. The van der Waals surface area contributed by atoms with E-state index >= 15 is 0 Å². The average molecular weight is 2480 g/mol. The number of hydrogen-bond donors (Lipinski definition) is 12. The van der Waals surface area contributed by atoms with Crippen LogP contribution in [0.25, 0.3) is 0 Å². The number of rotatable bonds is 29. The number of aliphatic hydroxyl groups excluding tert-OH is 11. The van der Waals surface area contributed by atoms with Crippen molar-refractivity contribution in [1.82, 2.24) is 0 Å². The van der Waals surface area contributed by atoms with Gasteiger partial charge in [-0.1, -0.05) is 158 Å². The largest absolute Gasteiger partial charge is 0.458 e. The number of aryl methyl sites for hydroxylation is 5. The van der Waals surface area contributed by atoms with E-state index in [0.717, 1.165) is 83.0 Å². The highest BCUT2D eigenvalue weighted by Gasteiger charge is 2.60. The van der Waals surface area contributed by atoms with Crippen LogP contribution in [0.4, 0.5) is 0 Å². The van der Waals surface area contributed by atoms with Gasteiger partial charge in [-0.3, -0.25) is 4.79 Å². The standard InChI is InChI=1S/C28H47ClO6SSi3.C19H23ClO7S.C18H21ClO5S.C16H36O5Si3.C12H10BrClOS.C8H7BrO.C4H3ClS/c1-12-21-25(33-37(3,4)5)26(34-38(6,7)8)27(35-39(9,10)11)28(31,32-21)19-14-13-18(2)20(17-19)24(30)22-15-16-23(29)36-22;1-9-3-4-10(7-11(9)15(22)13-5-6-14(20)28-13)19(26-2)18(25)17(24)16(23)12(8-21)27-19;1-9-2-3-10(6-11(9)7-12-4-5-14(19)25-12)18-17(23)16(22)15(21)13(8-20)24-18;1-11-12-13(19-22(2,3)4)14(20-23(5,6)7)15(16(17)18-12)21-24(8,9)10;1-7-2-3-8(13)6-9(7)12(15)10-4-5-11(14)16-10;1-6-2-3-8(9)4-7(6)5-10;5-4-2-1-3-6-4/h13-17,21,24-27,30-31H,12H2,1-11H3;3-7,12,15-18,21-25H,8H2,1-2H3;2-6,13,15-18,20-23H,7-8H2,1H3;12-15H,11H2,1-10H3;2-6,12,15H,1H3;2-5H,1H3;1-3H/t21-,24?,25-,26+,27-,28?;12-,15?,16-,17+,18-,19?;13-,15-,16+,17-,18+;12-,13-,14+,15-;;;/m1111.../s1. The molecule has 0 spiro atoms. The summed E-state index contributed by atoms with van der Waals surface area (Å²) in [6.45, 7) is 51.0. The fraction of sp³-hybridized carbons (Fsp3) is 0.505. The van der Waals surface area contributed by atoms with E-state index in [-0.39, 0.29) is 30.4 Å². The van der Waals surface area contributed by atoms with Crippen LogP contribution < -0.4 is 0 Å². The molecule has 820 valence electrons. The zero-order chi connectivity index (χ0) is 111. The lowest BCUT2D eigenvalue weighted by Gasteiger charge is -2.54. The zero-order valence-electron chi connectivity index (χ0n) is 88.5. The summed E-state index contributed by atoms with van der Waals surface area (Å²) in [4.78, 5) is 26.3. The molecule has 4 fully saturated rings. The fourth-order valence-electron chi connectivity index (χ4n) is 16.7. The second kappa shape index (κ2) is 56.4. The summed E-state index contributed by atoms with van der Waals surface area (Å²) in [5.74, 6) is -3.94. The van der Waals surface area contributed by atoms with Crippen molar-refractivity contribution in [2.45, 2.75) is 319 Å². The first-order valence-corrected chi connectivity index (χ1v) is 76.7. The summed E-state index contributed by atoms with van der Waals surface area (Å²) in [5.41, 5.74) is 10.4. The van der Waals surface area contributed by atoms with Gasteiger partial charge in [0.1, 0.15) is 110 Å². The molecule has 4 aliphatic rings. The minimum absolute atomic E-state index is 0.257. The first kappa shape index (κ1) is 130. The Labute approximate surface area is 940 Å². The maximum absolute atomic E-state index is 12.6. The van der Waals surface area contributed by atoms with Crippen LogP contribution in [0.1, 0.15) is 148 Å². The van der Waals surface area contributed by atoms with Crippen molar-refractivity contribution in [2.75, 3.05) is 20.3 Å². The van der Waals surface area contributed by atoms with Crippen molar-refractivity contribution in [1.29, 1.82) is 0 Å². The normalized spacial score (nSPS) is 25.4. The Bertz CT molecular complexity index is 5870. The molecule has 0 saturated carbocycles. The highest BCUT2D eigenvalue weighted by atomic mass is 79.9. The molecule has 0 amide bonds. The van der Waals surface area contributed by atoms with Gasteiger partial charge in [-0.15, -0.1) is 56.7 Å². The molecule has 4 saturated heterocycles. The quantitative estimate of drug-likeness (QED) is 0.0118. The molecular weight excluding hydrogens is 2330 g/mol. The van der Waals surface area contributed by atoms with Gasteiger partial charge in [0.25, 0.3) is 0 Å². The molecule has 5 aromatic heterocycles. The number of aldehydes is 1. The van der Waals surface area contributed by atoms with Gasteiger partial charge in [-0.2, -0.15) is 0 Å². The number of halogens is 7. The minimum Gasteiger partial charge on any atom is -0.458 e. The van der Waals surface area contributed by atoms with Gasteiger partial charge in [0.2, 0.25) is 11.6 Å². The Balaban J connectivity index is 0.000000221. The number of methoxy groups -OCH3 is 1. The van der Waals surface area contributed by atoms with Gasteiger partial charge in [-0.05, 0) is 323 Å². The lowest BCUT2D eigenvalue weighted by molar-refractivity contribution is -0.366. The molecule has 22 atom stereocenters. The van der Waals surface area contributed by atoms with Crippen LogP contribution in [0, 0.1) is 34.6 Å². The molecule has 25 nitrogen and oxygen atoms in total. The van der Waals surface area contributed by atoms with Crippen molar-refractivity contribution in [3.05, 3.63) is 279 Å². The number of esters is 1. The third-order valence-electron chi connectivity index (χ3n) is 23.7. The second-order valence-corrected chi connectivity index (χ2v) is 79.7. The van der Waals surface area contributed by atoms with Crippen molar-refractivity contribution in [2.24, 2.45) is 0 Å². The third kappa shape index (κ3) is 37.1. The molecule has 5 aromatic carbocycles. The zero-order valence-corrected chi connectivity index (χ0v) is 106. The van der Waals surface area contributed by atoms with Gasteiger partial charge in [0.05, 0.1) is 47.1 Å². The van der Waals surface area contributed by atoms with Crippen LogP contribution in [0.5, 0.6) is 0 Å². The Kier molecular flexibility index (Phi) is 49.4.